The first kappa shape index (κ1) is 9.47. The van der Waals surface area contributed by atoms with Crippen LogP contribution in [0.2, 0.25) is 0 Å². The number of nitrogens with two attached hydrogens (primary N) is 1. The second-order valence-corrected chi connectivity index (χ2v) is 4.90. The van der Waals surface area contributed by atoms with Crippen molar-refractivity contribution < 1.29 is 0 Å². The van der Waals surface area contributed by atoms with E-state index in [9.17, 15) is 0 Å². The molecular formula is C11H22N2. The average molecular weight is 182 g/mol. The van der Waals surface area contributed by atoms with Crippen molar-refractivity contribution in [1.29, 1.82) is 0 Å². The van der Waals surface area contributed by atoms with Gasteiger partial charge in [0.15, 0.2) is 0 Å². The third kappa shape index (κ3) is 1.89. The Kier molecular flexibility index (Phi) is 2.89. The Morgan fingerprint density at radius 1 is 1.31 bits per heavy atom. The Hall–Kier alpha value is -0.0800. The molecule has 1 aliphatic carbocycles. The molecule has 0 aromatic carbocycles. The van der Waals surface area contributed by atoms with Crippen LogP contribution in [0.4, 0.5) is 0 Å². The van der Waals surface area contributed by atoms with Crippen LogP contribution >= 0.6 is 0 Å². The summed E-state index contributed by atoms with van der Waals surface area (Å²) in [5.74, 6) is 2.75. The molecule has 2 nitrogen and oxygen atoms in total. The van der Waals surface area contributed by atoms with Gasteiger partial charge in [0, 0.05) is 6.54 Å². The molecule has 2 fully saturated rings. The lowest BCUT2D eigenvalue weighted by atomic mass is 9.68. The zero-order valence-corrected chi connectivity index (χ0v) is 8.71. The molecule has 2 unspecified atom stereocenters. The van der Waals surface area contributed by atoms with Crippen molar-refractivity contribution in [3.05, 3.63) is 0 Å². The molecule has 2 rings (SSSR count). The highest BCUT2D eigenvalue weighted by Gasteiger charge is 2.35. The topological polar surface area (TPSA) is 29.3 Å². The van der Waals surface area contributed by atoms with Crippen molar-refractivity contribution in [2.45, 2.75) is 25.7 Å². The van der Waals surface area contributed by atoms with E-state index in [1.165, 1.54) is 38.8 Å². The molecule has 1 saturated carbocycles. The van der Waals surface area contributed by atoms with E-state index in [0.29, 0.717) is 0 Å². The summed E-state index contributed by atoms with van der Waals surface area (Å²) in [5.41, 5.74) is 5.84. The zero-order chi connectivity index (χ0) is 9.26. The van der Waals surface area contributed by atoms with E-state index in [1.54, 1.807) is 0 Å². The highest BCUT2D eigenvalue weighted by atomic mass is 15.1. The molecule has 0 bridgehead atoms. The minimum Gasteiger partial charge on any atom is -0.330 e. The average Bonchev–Trinajstić information content (AvgIpc) is 2.02. The molecule has 0 amide bonds. The maximum atomic E-state index is 5.84. The Morgan fingerprint density at radius 3 is 2.62 bits per heavy atom. The van der Waals surface area contributed by atoms with Gasteiger partial charge in [0.25, 0.3) is 0 Å². The maximum absolute atomic E-state index is 5.84. The van der Waals surface area contributed by atoms with E-state index >= 15 is 0 Å². The van der Waals surface area contributed by atoms with Gasteiger partial charge in [-0.15, -0.1) is 0 Å². The zero-order valence-electron chi connectivity index (χ0n) is 8.71. The fraction of sp³-hybridized carbons (Fsp3) is 1.00. The fourth-order valence-electron chi connectivity index (χ4n) is 2.90. The summed E-state index contributed by atoms with van der Waals surface area (Å²) in [6, 6.07) is 0. The van der Waals surface area contributed by atoms with Gasteiger partial charge in [0.1, 0.15) is 0 Å². The highest BCUT2D eigenvalue weighted by molar-refractivity contribution is 4.87. The predicted molar refractivity (Wildman–Crippen MR) is 55.5 cm³/mol. The lowest BCUT2D eigenvalue weighted by Gasteiger charge is -2.44. The van der Waals surface area contributed by atoms with E-state index in [4.69, 9.17) is 5.73 Å². The fourth-order valence-corrected chi connectivity index (χ4v) is 2.90. The molecule has 1 saturated heterocycles. The minimum atomic E-state index is 0.821. The molecule has 2 aliphatic rings. The normalized spacial score (nSPS) is 37.4. The summed E-state index contributed by atoms with van der Waals surface area (Å²) in [6.45, 7) is 3.46. The third-order valence-electron chi connectivity index (χ3n) is 4.07. The van der Waals surface area contributed by atoms with Gasteiger partial charge in [-0.1, -0.05) is 19.3 Å². The van der Waals surface area contributed by atoms with E-state index in [2.05, 4.69) is 11.9 Å². The van der Waals surface area contributed by atoms with Gasteiger partial charge < -0.3 is 10.6 Å². The molecule has 2 heteroatoms. The number of hydrogen-bond acceptors (Lipinski definition) is 2. The molecule has 0 aromatic heterocycles. The van der Waals surface area contributed by atoms with Crippen LogP contribution in [0.25, 0.3) is 0 Å². The predicted octanol–water partition coefficient (Wildman–Crippen LogP) is 1.31. The smallest absolute Gasteiger partial charge is 0.00124 e. The van der Waals surface area contributed by atoms with Crippen LogP contribution in [0.15, 0.2) is 0 Å². The maximum Gasteiger partial charge on any atom is 0.00124 e. The van der Waals surface area contributed by atoms with Crippen LogP contribution in [0.1, 0.15) is 25.7 Å². The molecule has 0 radical (unpaired) electrons. The molecule has 0 aromatic rings. The van der Waals surface area contributed by atoms with Gasteiger partial charge >= 0.3 is 0 Å². The summed E-state index contributed by atoms with van der Waals surface area (Å²) in [6.07, 6.45) is 5.72. The van der Waals surface area contributed by atoms with Gasteiger partial charge in [-0.25, -0.2) is 0 Å². The van der Waals surface area contributed by atoms with E-state index in [1.807, 2.05) is 0 Å². The van der Waals surface area contributed by atoms with Crippen molar-refractivity contribution in [3.8, 4) is 0 Å². The number of rotatable bonds is 2. The van der Waals surface area contributed by atoms with Gasteiger partial charge in [0.05, 0.1) is 0 Å². The van der Waals surface area contributed by atoms with Crippen LogP contribution in [0.5, 0.6) is 0 Å². The van der Waals surface area contributed by atoms with E-state index in [-0.39, 0.29) is 0 Å². The molecule has 2 N–H and O–H groups in total. The first-order valence-electron chi connectivity index (χ1n) is 5.70. The number of nitrogens with zero attached hydrogens (tertiary/aromatic N) is 1. The summed E-state index contributed by atoms with van der Waals surface area (Å²) in [5, 5.41) is 0. The summed E-state index contributed by atoms with van der Waals surface area (Å²) in [4.78, 5) is 2.48. The molecule has 76 valence electrons. The standard InChI is InChI=1S/C11H22N2/c1-13-6-5-10(7-12)11(8-13)9-3-2-4-9/h9-11H,2-8,12H2,1H3. The van der Waals surface area contributed by atoms with Gasteiger partial charge in [0.2, 0.25) is 0 Å². The Balaban J connectivity index is 1.94. The van der Waals surface area contributed by atoms with Crippen LogP contribution in [-0.2, 0) is 0 Å². The Bertz CT molecular complexity index is 165. The van der Waals surface area contributed by atoms with Gasteiger partial charge in [-0.2, -0.15) is 0 Å². The van der Waals surface area contributed by atoms with Crippen molar-refractivity contribution >= 4 is 0 Å². The van der Waals surface area contributed by atoms with Crippen LogP contribution in [-0.4, -0.2) is 31.6 Å². The lowest BCUT2D eigenvalue weighted by Crippen LogP contribution is -2.45. The van der Waals surface area contributed by atoms with Gasteiger partial charge in [-0.3, -0.25) is 0 Å². The Morgan fingerprint density at radius 2 is 2.08 bits per heavy atom. The van der Waals surface area contributed by atoms with Crippen LogP contribution in [0, 0.1) is 17.8 Å². The molecule has 0 spiro atoms. The molecule has 13 heavy (non-hydrogen) atoms. The van der Waals surface area contributed by atoms with Crippen molar-refractivity contribution in [2.75, 3.05) is 26.7 Å². The number of hydrogen-bond donors (Lipinski definition) is 1. The third-order valence-corrected chi connectivity index (χ3v) is 4.07. The molecule has 1 aliphatic heterocycles. The SMILES string of the molecule is CN1CCC(CN)C(C2CCC2)C1. The molecule has 1 heterocycles. The van der Waals surface area contributed by atoms with Gasteiger partial charge in [-0.05, 0) is 44.3 Å². The molecular weight excluding hydrogens is 160 g/mol. The van der Waals surface area contributed by atoms with E-state index in [0.717, 1.165) is 24.3 Å². The number of piperidine rings is 1. The number of likely N-dealkylation sites (tertiary alicyclic amines) is 1. The van der Waals surface area contributed by atoms with Crippen LogP contribution < -0.4 is 5.73 Å². The monoisotopic (exact) mass is 182 g/mol. The second-order valence-electron chi connectivity index (χ2n) is 4.90. The summed E-state index contributed by atoms with van der Waals surface area (Å²) >= 11 is 0. The van der Waals surface area contributed by atoms with Crippen LogP contribution in [0.3, 0.4) is 0 Å². The van der Waals surface area contributed by atoms with E-state index < -0.39 is 0 Å². The summed E-state index contributed by atoms with van der Waals surface area (Å²) in [7, 11) is 2.25. The minimum absolute atomic E-state index is 0.821. The Labute approximate surface area is 81.5 Å². The van der Waals surface area contributed by atoms with Crippen molar-refractivity contribution in [2.24, 2.45) is 23.5 Å². The summed E-state index contributed by atoms with van der Waals surface area (Å²) < 4.78 is 0. The first-order chi connectivity index (χ1) is 6.31. The first-order valence-corrected chi connectivity index (χ1v) is 5.70. The lowest BCUT2D eigenvalue weighted by molar-refractivity contribution is 0.0627. The quantitative estimate of drug-likeness (QED) is 0.698. The van der Waals surface area contributed by atoms with Crippen molar-refractivity contribution in [3.63, 3.8) is 0 Å². The largest absolute Gasteiger partial charge is 0.330 e. The van der Waals surface area contributed by atoms with Crippen molar-refractivity contribution in [1.82, 2.24) is 4.90 Å². The molecule has 2 atom stereocenters. The highest BCUT2D eigenvalue weighted by Crippen LogP contribution is 2.40. The second kappa shape index (κ2) is 3.97.